The Morgan fingerprint density at radius 3 is 2.79 bits per heavy atom. The highest BCUT2D eigenvalue weighted by Crippen LogP contribution is 2.43. The van der Waals surface area contributed by atoms with Gasteiger partial charge in [0.15, 0.2) is 0 Å². The normalized spacial score (nSPS) is 27.5. The summed E-state index contributed by atoms with van der Waals surface area (Å²) in [6, 6.07) is 5.63. The molecule has 6 heteroatoms. The van der Waals surface area contributed by atoms with E-state index in [2.05, 4.69) is 0 Å². The SMILES string of the molecule is CC(CC(=O)N1[C@@H]2CC[C@@H](C2)[C@H]1CN)c1cccc(C(F)(F)F)c1. The Morgan fingerprint density at radius 2 is 2.12 bits per heavy atom. The van der Waals surface area contributed by atoms with Gasteiger partial charge in [-0.2, -0.15) is 13.2 Å². The van der Waals surface area contributed by atoms with Gasteiger partial charge in [0.2, 0.25) is 5.91 Å². The molecule has 0 radical (unpaired) electrons. The first-order valence-corrected chi connectivity index (χ1v) is 8.49. The number of likely N-dealkylation sites (tertiary alicyclic amines) is 1. The molecule has 4 atom stereocenters. The standard InChI is InChI=1S/C18H23F3N2O/c1-11(12-3-2-4-14(8-12)18(19,20)21)7-17(24)23-15-6-5-13(9-15)16(23)10-22/h2-4,8,11,13,15-16H,5-7,9-10,22H2,1H3/t11?,13-,15+,16+/m0/s1. The highest BCUT2D eigenvalue weighted by atomic mass is 19.4. The summed E-state index contributed by atoms with van der Waals surface area (Å²) in [5, 5.41) is 0. The molecule has 1 saturated carbocycles. The minimum atomic E-state index is -4.36. The van der Waals surface area contributed by atoms with Crippen LogP contribution in [0.15, 0.2) is 24.3 Å². The number of carbonyl (C=O) groups excluding carboxylic acids is 1. The van der Waals surface area contributed by atoms with Crippen LogP contribution in [0, 0.1) is 5.92 Å². The Bertz CT molecular complexity index is 617. The fourth-order valence-corrected chi connectivity index (χ4v) is 4.29. The molecule has 1 saturated heterocycles. The lowest BCUT2D eigenvalue weighted by molar-refractivity contribution is -0.137. The van der Waals surface area contributed by atoms with Crippen molar-refractivity contribution in [3.63, 3.8) is 0 Å². The van der Waals surface area contributed by atoms with Crippen molar-refractivity contribution in [3.8, 4) is 0 Å². The highest BCUT2D eigenvalue weighted by molar-refractivity contribution is 5.78. The molecule has 1 aromatic rings. The minimum absolute atomic E-state index is 0.0163. The molecule has 0 aromatic heterocycles. The van der Waals surface area contributed by atoms with Crippen molar-refractivity contribution in [3.05, 3.63) is 35.4 Å². The van der Waals surface area contributed by atoms with Crippen LogP contribution in [0.4, 0.5) is 13.2 Å². The first kappa shape index (κ1) is 17.3. The summed E-state index contributed by atoms with van der Waals surface area (Å²) in [6.45, 7) is 2.27. The number of nitrogens with zero attached hydrogens (tertiary/aromatic N) is 1. The summed E-state index contributed by atoms with van der Waals surface area (Å²) >= 11 is 0. The number of benzene rings is 1. The molecule has 1 aromatic carbocycles. The van der Waals surface area contributed by atoms with Gasteiger partial charge in [0.1, 0.15) is 0 Å². The first-order valence-electron chi connectivity index (χ1n) is 8.49. The summed E-state index contributed by atoms with van der Waals surface area (Å²) < 4.78 is 38.5. The second-order valence-electron chi connectivity index (χ2n) is 7.06. The molecule has 1 heterocycles. The fourth-order valence-electron chi connectivity index (χ4n) is 4.29. The van der Waals surface area contributed by atoms with Crippen LogP contribution in [0.5, 0.6) is 0 Å². The van der Waals surface area contributed by atoms with Crippen molar-refractivity contribution in [2.75, 3.05) is 6.54 Å². The van der Waals surface area contributed by atoms with Gasteiger partial charge < -0.3 is 10.6 Å². The number of fused-ring (bicyclic) bond motifs is 2. The van der Waals surface area contributed by atoms with Gasteiger partial charge in [0.05, 0.1) is 5.56 Å². The van der Waals surface area contributed by atoms with Crippen molar-refractivity contribution in [1.82, 2.24) is 4.90 Å². The fraction of sp³-hybridized carbons (Fsp3) is 0.611. The Morgan fingerprint density at radius 1 is 1.38 bits per heavy atom. The maximum atomic E-state index is 12.8. The van der Waals surface area contributed by atoms with Crippen molar-refractivity contribution in [1.29, 1.82) is 0 Å². The molecular weight excluding hydrogens is 317 g/mol. The Labute approximate surface area is 140 Å². The molecule has 3 nitrogen and oxygen atoms in total. The van der Waals surface area contributed by atoms with Gasteiger partial charge in [-0.3, -0.25) is 4.79 Å². The molecule has 2 fully saturated rings. The van der Waals surface area contributed by atoms with Crippen molar-refractivity contribution in [2.24, 2.45) is 11.7 Å². The van der Waals surface area contributed by atoms with Crippen molar-refractivity contribution >= 4 is 5.91 Å². The summed E-state index contributed by atoms with van der Waals surface area (Å²) in [5.74, 6) is 0.257. The summed E-state index contributed by atoms with van der Waals surface area (Å²) in [4.78, 5) is 14.6. The lowest BCUT2D eigenvalue weighted by atomic mass is 9.93. The van der Waals surface area contributed by atoms with E-state index < -0.39 is 11.7 Å². The number of alkyl halides is 3. The maximum absolute atomic E-state index is 12.8. The average Bonchev–Trinajstić information content (AvgIpc) is 3.14. The van der Waals surface area contributed by atoms with E-state index in [4.69, 9.17) is 5.73 Å². The first-order chi connectivity index (χ1) is 11.3. The minimum Gasteiger partial charge on any atom is -0.335 e. The zero-order chi connectivity index (χ0) is 17.5. The van der Waals surface area contributed by atoms with E-state index in [-0.39, 0.29) is 30.3 Å². The average molecular weight is 340 g/mol. The van der Waals surface area contributed by atoms with E-state index in [1.54, 1.807) is 13.0 Å². The third-order valence-corrected chi connectivity index (χ3v) is 5.53. The number of hydrogen-bond donors (Lipinski definition) is 1. The summed E-state index contributed by atoms with van der Waals surface area (Å²) in [7, 11) is 0. The van der Waals surface area contributed by atoms with Crippen LogP contribution in [0.1, 0.15) is 49.7 Å². The quantitative estimate of drug-likeness (QED) is 0.911. The molecule has 1 aliphatic carbocycles. The second kappa shape index (κ2) is 6.39. The van der Waals surface area contributed by atoms with Gasteiger partial charge in [0, 0.05) is 25.0 Å². The van der Waals surface area contributed by atoms with Gasteiger partial charge in [0.25, 0.3) is 0 Å². The Balaban J connectivity index is 1.71. The molecule has 2 aliphatic rings. The number of hydrogen-bond acceptors (Lipinski definition) is 2. The number of piperidine rings is 1. The second-order valence-corrected chi connectivity index (χ2v) is 7.06. The number of amides is 1. The molecule has 0 spiro atoms. The zero-order valence-corrected chi connectivity index (χ0v) is 13.7. The van der Waals surface area contributed by atoms with Crippen molar-refractivity contribution < 1.29 is 18.0 Å². The zero-order valence-electron chi connectivity index (χ0n) is 13.7. The van der Waals surface area contributed by atoms with Gasteiger partial charge in [-0.25, -0.2) is 0 Å². The monoisotopic (exact) mass is 340 g/mol. The van der Waals surface area contributed by atoms with Crippen LogP contribution in [-0.2, 0) is 11.0 Å². The van der Waals surface area contributed by atoms with Gasteiger partial charge in [-0.1, -0.05) is 25.1 Å². The van der Waals surface area contributed by atoms with Crippen LogP contribution in [0.3, 0.4) is 0 Å². The molecule has 1 aliphatic heterocycles. The number of carbonyl (C=O) groups is 1. The van der Waals surface area contributed by atoms with E-state index in [0.717, 1.165) is 31.4 Å². The lowest BCUT2D eigenvalue weighted by Gasteiger charge is -2.35. The summed E-state index contributed by atoms with van der Waals surface area (Å²) in [5.41, 5.74) is 5.72. The maximum Gasteiger partial charge on any atom is 0.416 e. The lowest BCUT2D eigenvalue weighted by Crippen LogP contribution is -2.48. The number of rotatable bonds is 4. The molecule has 2 N–H and O–H groups in total. The number of halogens is 3. The van der Waals surface area contributed by atoms with E-state index in [0.29, 0.717) is 18.0 Å². The largest absolute Gasteiger partial charge is 0.416 e. The predicted molar refractivity (Wildman–Crippen MR) is 85.3 cm³/mol. The Kier molecular flexibility index (Phi) is 4.60. The van der Waals surface area contributed by atoms with Gasteiger partial charge in [-0.05, 0) is 42.7 Å². The molecule has 2 bridgehead atoms. The molecule has 1 amide bonds. The van der Waals surface area contributed by atoms with Crippen LogP contribution >= 0.6 is 0 Å². The Hall–Kier alpha value is -1.56. The molecule has 1 unspecified atom stereocenters. The van der Waals surface area contributed by atoms with E-state index >= 15 is 0 Å². The topological polar surface area (TPSA) is 46.3 Å². The van der Waals surface area contributed by atoms with E-state index in [1.807, 2.05) is 4.90 Å². The molecular formula is C18H23F3N2O. The van der Waals surface area contributed by atoms with Crippen LogP contribution in [0.25, 0.3) is 0 Å². The summed E-state index contributed by atoms with van der Waals surface area (Å²) in [6.07, 6.45) is -0.977. The van der Waals surface area contributed by atoms with E-state index in [9.17, 15) is 18.0 Å². The van der Waals surface area contributed by atoms with E-state index in [1.165, 1.54) is 6.07 Å². The third kappa shape index (κ3) is 3.16. The van der Waals surface area contributed by atoms with Crippen molar-refractivity contribution in [2.45, 2.75) is 56.8 Å². The van der Waals surface area contributed by atoms with Gasteiger partial charge in [-0.15, -0.1) is 0 Å². The predicted octanol–water partition coefficient (Wildman–Crippen LogP) is 3.54. The highest BCUT2D eigenvalue weighted by Gasteiger charge is 2.47. The number of nitrogens with two attached hydrogens (primary N) is 1. The third-order valence-electron chi connectivity index (χ3n) is 5.53. The molecule has 3 rings (SSSR count). The molecule has 132 valence electrons. The van der Waals surface area contributed by atoms with Crippen LogP contribution < -0.4 is 5.73 Å². The van der Waals surface area contributed by atoms with Crippen LogP contribution in [0.2, 0.25) is 0 Å². The smallest absolute Gasteiger partial charge is 0.335 e. The van der Waals surface area contributed by atoms with Gasteiger partial charge >= 0.3 is 6.18 Å². The molecule has 24 heavy (non-hydrogen) atoms. The van der Waals surface area contributed by atoms with Crippen LogP contribution in [-0.4, -0.2) is 29.4 Å².